The van der Waals surface area contributed by atoms with Gasteiger partial charge in [-0.25, -0.2) is 0 Å². The number of hydrogen-bond acceptors (Lipinski definition) is 8. The number of hydrogen-bond donors (Lipinski definition) is 3. The third-order valence-electron chi connectivity index (χ3n) is 7.74. The van der Waals surface area contributed by atoms with Gasteiger partial charge in [0, 0.05) is 42.3 Å². The van der Waals surface area contributed by atoms with E-state index < -0.39 is 17.9 Å². The average molecular weight is 555 g/mol. The standard InChI is InChI=1S/C32H38N6O3/c1-20(2)41-26-15-14-25(36-37-26)38-18-16-22(17-19-38)28(33)27-21(3)30(39)32(40)35-31(27)34-29(23-10-6-4-7-11-23)24-12-8-5-9-13-24/h4-15,20-22,29-30,39H,16-19,33H2,1-3H3,(H,34,35,40)/t21-,30-/m0/s1. The Labute approximate surface area is 241 Å². The summed E-state index contributed by atoms with van der Waals surface area (Å²) in [6.45, 7) is 7.26. The maximum atomic E-state index is 12.8. The lowest BCUT2D eigenvalue weighted by atomic mass is 9.82. The Balaban J connectivity index is 1.43. The number of piperidine rings is 2. The first-order valence-electron chi connectivity index (χ1n) is 14.2. The SMILES string of the molecule is CC(C)Oc1ccc(N2CCC(C(N)=C3C(=NC(c4ccccc4)c4ccccc4)NC(=O)[C@@H](O)[C@H]3C)CC2)nn1. The van der Waals surface area contributed by atoms with Crippen molar-refractivity contribution in [1.29, 1.82) is 0 Å². The fraction of sp³-hybridized carbons (Fsp3) is 0.375. The Morgan fingerprint density at radius 2 is 1.61 bits per heavy atom. The molecule has 0 bridgehead atoms. The molecule has 1 aromatic heterocycles. The normalized spacial score (nSPS) is 22.2. The van der Waals surface area contributed by atoms with Crippen LogP contribution >= 0.6 is 0 Å². The minimum atomic E-state index is -1.20. The summed E-state index contributed by atoms with van der Waals surface area (Å²) in [6, 6.07) is 23.4. The molecule has 1 amide bonds. The second-order valence-electron chi connectivity index (χ2n) is 11.0. The number of amidine groups is 1. The quantitative estimate of drug-likeness (QED) is 0.403. The Bertz CT molecular complexity index is 1340. The molecule has 2 aliphatic heterocycles. The molecule has 41 heavy (non-hydrogen) atoms. The molecule has 2 fully saturated rings. The summed E-state index contributed by atoms with van der Waals surface area (Å²) in [5.41, 5.74) is 10.3. The molecule has 9 heteroatoms. The summed E-state index contributed by atoms with van der Waals surface area (Å²) in [4.78, 5) is 20.0. The number of nitrogens with two attached hydrogens (primary N) is 1. The number of carbonyl (C=O) groups excluding carboxylic acids is 1. The maximum absolute atomic E-state index is 12.8. The molecule has 0 unspecified atom stereocenters. The molecule has 4 N–H and O–H groups in total. The summed E-state index contributed by atoms with van der Waals surface area (Å²) in [7, 11) is 0. The number of anilines is 1. The molecule has 0 saturated carbocycles. The Hall–Kier alpha value is -4.24. The van der Waals surface area contributed by atoms with Gasteiger partial charge in [0.15, 0.2) is 5.82 Å². The number of amides is 1. The van der Waals surface area contributed by atoms with Crippen LogP contribution in [-0.2, 0) is 4.79 Å². The van der Waals surface area contributed by atoms with Gasteiger partial charge in [0.2, 0.25) is 5.88 Å². The van der Waals surface area contributed by atoms with Crippen LogP contribution in [0.5, 0.6) is 5.88 Å². The molecular formula is C32H38N6O3. The first-order chi connectivity index (χ1) is 19.8. The topological polar surface area (TPSA) is 126 Å². The first kappa shape index (κ1) is 28.3. The van der Waals surface area contributed by atoms with E-state index in [1.54, 1.807) is 0 Å². The summed E-state index contributed by atoms with van der Waals surface area (Å²) >= 11 is 0. The lowest BCUT2D eigenvalue weighted by Gasteiger charge is -2.36. The number of aliphatic hydroxyl groups excluding tert-OH is 1. The number of aromatic nitrogens is 2. The number of nitrogens with one attached hydrogen (secondary N) is 1. The monoisotopic (exact) mass is 554 g/mol. The third kappa shape index (κ3) is 6.41. The first-order valence-corrected chi connectivity index (χ1v) is 14.2. The number of nitrogens with zero attached hydrogens (tertiary/aromatic N) is 4. The van der Waals surface area contributed by atoms with Crippen LogP contribution in [0.15, 0.2) is 89.1 Å². The van der Waals surface area contributed by atoms with E-state index in [1.807, 2.05) is 93.6 Å². The molecule has 3 heterocycles. The average Bonchev–Trinajstić information content (AvgIpc) is 2.99. The molecule has 2 aliphatic rings. The largest absolute Gasteiger partial charge is 0.474 e. The number of allylic oxidation sites excluding steroid dienone is 1. The smallest absolute Gasteiger partial charge is 0.254 e. The number of ether oxygens (including phenoxy) is 1. The minimum absolute atomic E-state index is 0.0384. The Morgan fingerprint density at radius 1 is 1.00 bits per heavy atom. The van der Waals surface area contributed by atoms with Crippen molar-refractivity contribution in [3.8, 4) is 5.88 Å². The summed E-state index contributed by atoms with van der Waals surface area (Å²) in [5, 5.41) is 22.2. The van der Waals surface area contributed by atoms with Crippen LogP contribution in [0.25, 0.3) is 0 Å². The molecule has 3 aromatic rings. The van der Waals surface area contributed by atoms with E-state index in [0.29, 0.717) is 23.0 Å². The van der Waals surface area contributed by atoms with Crippen molar-refractivity contribution >= 4 is 17.6 Å². The van der Waals surface area contributed by atoms with Gasteiger partial charge in [0.25, 0.3) is 5.91 Å². The predicted octanol–water partition coefficient (Wildman–Crippen LogP) is 4.01. The Kier molecular flexibility index (Phi) is 8.64. The lowest BCUT2D eigenvalue weighted by Crippen LogP contribution is -2.51. The molecule has 0 spiro atoms. The van der Waals surface area contributed by atoms with Crippen molar-refractivity contribution in [2.24, 2.45) is 22.6 Å². The number of aliphatic imine (C=N–C) groups is 1. The van der Waals surface area contributed by atoms with Crippen molar-refractivity contribution in [2.75, 3.05) is 18.0 Å². The third-order valence-corrected chi connectivity index (χ3v) is 7.74. The van der Waals surface area contributed by atoms with E-state index in [9.17, 15) is 9.90 Å². The summed E-state index contributed by atoms with van der Waals surface area (Å²) < 4.78 is 5.62. The van der Waals surface area contributed by atoms with Crippen molar-refractivity contribution in [1.82, 2.24) is 15.5 Å². The van der Waals surface area contributed by atoms with Crippen LogP contribution in [0.1, 0.15) is 50.8 Å². The van der Waals surface area contributed by atoms with E-state index in [0.717, 1.165) is 42.9 Å². The molecule has 2 aromatic carbocycles. The van der Waals surface area contributed by atoms with Crippen LogP contribution in [0.2, 0.25) is 0 Å². The second kappa shape index (κ2) is 12.5. The van der Waals surface area contributed by atoms with Crippen LogP contribution < -0.4 is 20.7 Å². The van der Waals surface area contributed by atoms with Gasteiger partial charge in [-0.05, 0) is 43.9 Å². The summed E-state index contributed by atoms with van der Waals surface area (Å²) in [5.74, 6) is 0.848. The van der Waals surface area contributed by atoms with Crippen molar-refractivity contribution in [3.05, 3.63) is 95.2 Å². The minimum Gasteiger partial charge on any atom is -0.474 e. The van der Waals surface area contributed by atoms with Gasteiger partial charge in [-0.15, -0.1) is 10.2 Å². The highest BCUT2D eigenvalue weighted by molar-refractivity contribution is 6.12. The van der Waals surface area contributed by atoms with Crippen molar-refractivity contribution in [2.45, 2.75) is 51.9 Å². The van der Waals surface area contributed by atoms with Gasteiger partial charge in [-0.1, -0.05) is 67.6 Å². The van der Waals surface area contributed by atoms with Crippen molar-refractivity contribution < 1.29 is 14.6 Å². The summed E-state index contributed by atoms with van der Waals surface area (Å²) in [6.07, 6.45) is 0.436. The van der Waals surface area contributed by atoms with Gasteiger partial charge in [0.1, 0.15) is 18.0 Å². The second-order valence-corrected chi connectivity index (χ2v) is 11.0. The van der Waals surface area contributed by atoms with E-state index >= 15 is 0 Å². The van der Waals surface area contributed by atoms with Gasteiger partial charge in [0.05, 0.1) is 6.10 Å². The molecule has 2 saturated heterocycles. The number of carbonyl (C=O) groups is 1. The van der Waals surface area contributed by atoms with Gasteiger partial charge >= 0.3 is 0 Å². The van der Waals surface area contributed by atoms with E-state index in [2.05, 4.69) is 20.4 Å². The maximum Gasteiger partial charge on any atom is 0.254 e. The zero-order valence-corrected chi connectivity index (χ0v) is 23.8. The Morgan fingerprint density at radius 3 is 2.15 bits per heavy atom. The molecule has 2 atom stereocenters. The zero-order valence-electron chi connectivity index (χ0n) is 23.8. The fourth-order valence-corrected chi connectivity index (χ4v) is 5.53. The molecular weight excluding hydrogens is 516 g/mol. The van der Waals surface area contributed by atoms with Crippen LogP contribution in [0, 0.1) is 11.8 Å². The molecule has 0 radical (unpaired) electrons. The molecule has 9 nitrogen and oxygen atoms in total. The molecule has 5 rings (SSSR count). The van der Waals surface area contributed by atoms with Crippen molar-refractivity contribution in [3.63, 3.8) is 0 Å². The van der Waals surface area contributed by atoms with E-state index in [-0.39, 0.29) is 18.1 Å². The van der Waals surface area contributed by atoms with E-state index in [1.165, 1.54) is 0 Å². The number of rotatable bonds is 7. The highest BCUT2D eigenvalue weighted by Crippen LogP contribution is 2.34. The van der Waals surface area contributed by atoms with Gasteiger partial charge in [-0.2, -0.15) is 0 Å². The zero-order chi connectivity index (χ0) is 28.9. The number of aliphatic hydroxyl groups is 1. The van der Waals surface area contributed by atoms with Crippen LogP contribution in [0.3, 0.4) is 0 Å². The van der Waals surface area contributed by atoms with Gasteiger partial charge in [-0.3, -0.25) is 9.79 Å². The van der Waals surface area contributed by atoms with Crippen LogP contribution in [0.4, 0.5) is 5.82 Å². The van der Waals surface area contributed by atoms with E-state index in [4.69, 9.17) is 15.5 Å². The molecule has 0 aliphatic carbocycles. The van der Waals surface area contributed by atoms with Gasteiger partial charge < -0.3 is 25.8 Å². The molecule has 214 valence electrons. The highest BCUT2D eigenvalue weighted by Gasteiger charge is 2.38. The highest BCUT2D eigenvalue weighted by atomic mass is 16.5. The number of benzene rings is 2. The fourth-order valence-electron chi connectivity index (χ4n) is 5.53. The van der Waals surface area contributed by atoms with Crippen LogP contribution in [-0.4, -0.2) is 52.3 Å². The lowest BCUT2D eigenvalue weighted by molar-refractivity contribution is -0.130. The predicted molar refractivity (Wildman–Crippen MR) is 159 cm³/mol.